The quantitative estimate of drug-likeness (QED) is 0.567. The summed E-state index contributed by atoms with van der Waals surface area (Å²) < 4.78 is 5.56. The minimum atomic E-state index is -0.515. The standard InChI is InChI=1S/C28H36N2O3/c1-17(2)29-26(31)20(5)14-23-13-19(4)24(15-18(23)3)21-9-10-25-22(16-21)11-12-30(25)27(32)33-28(6,7)8/h9-10,13-17H,11-12H2,1-8H3,(H,29,31). The van der Waals surface area contributed by atoms with Crippen LogP contribution in [0.1, 0.15) is 63.8 Å². The lowest BCUT2D eigenvalue weighted by atomic mass is 9.93. The Labute approximate surface area is 197 Å². The zero-order valence-corrected chi connectivity index (χ0v) is 21.1. The van der Waals surface area contributed by atoms with E-state index in [-0.39, 0.29) is 18.0 Å². The number of aryl methyl sites for hydroxylation is 2. The Bertz CT molecular complexity index is 1110. The van der Waals surface area contributed by atoms with Crippen LogP contribution >= 0.6 is 0 Å². The summed E-state index contributed by atoms with van der Waals surface area (Å²) in [5, 5.41) is 2.94. The number of fused-ring (bicyclic) bond motifs is 1. The molecule has 0 spiro atoms. The molecule has 0 unspecified atom stereocenters. The molecule has 0 aliphatic carbocycles. The molecular weight excluding hydrogens is 412 g/mol. The number of nitrogens with one attached hydrogen (secondary N) is 1. The Morgan fingerprint density at radius 3 is 2.42 bits per heavy atom. The van der Waals surface area contributed by atoms with Gasteiger partial charge in [0.15, 0.2) is 0 Å². The topological polar surface area (TPSA) is 58.6 Å². The van der Waals surface area contributed by atoms with Gasteiger partial charge in [0, 0.05) is 18.2 Å². The second-order valence-electron chi connectivity index (χ2n) is 10.2. The smallest absolute Gasteiger partial charge is 0.414 e. The van der Waals surface area contributed by atoms with Crippen molar-refractivity contribution in [2.45, 2.75) is 73.5 Å². The normalized spacial score (nSPS) is 13.8. The third-order valence-electron chi connectivity index (χ3n) is 5.66. The average molecular weight is 449 g/mol. The van der Waals surface area contributed by atoms with Crippen molar-refractivity contribution in [1.82, 2.24) is 5.32 Å². The molecule has 3 rings (SSSR count). The number of carbonyl (C=O) groups excluding carboxylic acids is 2. The molecule has 1 heterocycles. The van der Waals surface area contributed by atoms with E-state index in [1.807, 2.05) is 53.7 Å². The number of rotatable bonds is 4. The number of carbonyl (C=O) groups is 2. The Balaban J connectivity index is 1.87. The van der Waals surface area contributed by atoms with Crippen molar-refractivity contribution in [3.8, 4) is 11.1 Å². The molecule has 2 amide bonds. The second kappa shape index (κ2) is 9.42. The highest BCUT2D eigenvalue weighted by Gasteiger charge is 2.29. The monoisotopic (exact) mass is 448 g/mol. The summed E-state index contributed by atoms with van der Waals surface area (Å²) in [6, 6.07) is 10.7. The van der Waals surface area contributed by atoms with Crippen LogP contribution in [-0.2, 0) is 16.0 Å². The van der Waals surface area contributed by atoms with E-state index in [2.05, 4.69) is 43.4 Å². The molecule has 0 fully saturated rings. The molecule has 0 atom stereocenters. The van der Waals surface area contributed by atoms with Gasteiger partial charge in [0.1, 0.15) is 5.60 Å². The van der Waals surface area contributed by atoms with E-state index in [1.165, 1.54) is 0 Å². The van der Waals surface area contributed by atoms with Gasteiger partial charge < -0.3 is 10.1 Å². The Morgan fingerprint density at radius 2 is 1.79 bits per heavy atom. The highest BCUT2D eigenvalue weighted by molar-refractivity contribution is 5.97. The van der Waals surface area contributed by atoms with Crippen LogP contribution in [0.4, 0.5) is 10.5 Å². The van der Waals surface area contributed by atoms with Crippen molar-refractivity contribution in [2.24, 2.45) is 0 Å². The fourth-order valence-corrected chi connectivity index (χ4v) is 4.06. The lowest BCUT2D eigenvalue weighted by molar-refractivity contribution is -0.117. The highest BCUT2D eigenvalue weighted by Crippen LogP contribution is 2.35. The van der Waals surface area contributed by atoms with E-state index >= 15 is 0 Å². The van der Waals surface area contributed by atoms with E-state index in [0.29, 0.717) is 12.1 Å². The maximum atomic E-state index is 12.6. The zero-order chi connectivity index (χ0) is 24.5. The summed E-state index contributed by atoms with van der Waals surface area (Å²) in [6.07, 6.45) is 2.46. The Morgan fingerprint density at radius 1 is 1.09 bits per heavy atom. The predicted octanol–water partition coefficient (Wildman–Crippen LogP) is 6.20. The third kappa shape index (κ3) is 5.84. The molecule has 0 saturated heterocycles. The van der Waals surface area contributed by atoms with Gasteiger partial charge in [0.2, 0.25) is 5.91 Å². The van der Waals surface area contributed by atoms with Gasteiger partial charge in [0.25, 0.3) is 0 Å². The van der Waals surface area contributed by atoms with Gasteiger partial charge in [-0.3, -0.25) is 9.69 Å². The van der Waals surface area contributed by atoms with Crippen LogP contribution in [0.2, 0.25) is 0 Å². The highest BCUT2D eigenvalue weighted by atomic mass is 16.6. The zero-order valence-electron chi connectivity index (χ0n) is 21.1. The van der Waals surface area contributed by atoms with E-state index in [9.17, 15) is 9.59 Å². The summed E-state index contributed by atoms with van der Waals surface area (Å²) in [7, 11) is 0. The van der Waals surface area contributed by atoms with Gasteiger partial charge in [-0.1, -0.05) is 18.2 Å². The SMILES string of the molecule is CC(=Cc1cc(C)c(-c2ccc3c(c2)CCN3C(=O)OC(C)(C)C)cc1C)C(=O)NC(C)C. The number of ether oxygens (including phenoxy) is 1. The van der Waals surface area contributed by atoms with Crippen LogP contribution in [0, 0.1) is 13.8 Å². The van der Waals surface area contributed by atoms with Crippen LogP contribution < -0.4 is 10.2 Å². The van der Waals surface area contributed by atoms with E-state index in [4.69, 9.17) is 4.74 Å². The van der Waals surface area contributed by atoms with Crippen molar-refractivity contribution in [3.05, 3.63) is 58.2 Å². The number of nitrogens with zero attached hydrogens (tertiary/aromatic N) is 1. The van der Waals surface area contributed by atoms with Crippen LogP contribution in [0.25, 0.3) is 17.2 Å². The van der Waals surface area contributed by atoms with Gasteiger partial charge in [0.05, 0.1) is 5.69 Å². The molecule has 5 nitrogen and oxygen atoms in total. The summed E-state index contributed by atoms with van der Waals surface area (Å²) in [5.41, 5.74) is 7.85. The Kier molecular flexibility index (Phi) is 7.01. The molecule has 2 aromatic carbocycles. The average Bonchev–Trinajstić information content (AvgIpc) is 3.12. The number of anilines is 1. The number of amides is 2. The minimum Gasteiger partial charge on any atom is -0.443 e. The molecule has 176 valence electrons. The molecular formula is C28H36N2O3. The molecule has 1 aliphatic heterocycles. The van der Waals surface area contributed by atoms with Crippen molar-refractivity contribution in [1.29, 1.82) is 0 Å². The number of benzene rings is 2. The number of hydrogen-bond donors (Lipinski definition) is 1. The first-order valence-corrected chi connectivity index (χ1v) is 11.6. The van der Waals surface area contributed by atoms with E-state index < -0.39 is 5.60 Å². The third-order valence-corrected chi connectivity index (χ3v) is 5.66. The molecule has 1 aliphatic rings. The summed E-state index contributed by atoms with van der Waals surface area (Å²) in [6.45, 7) is 16.2. The largest absolute Gasteiger partial charge is 0.443 e. The van der Waals surface area contributed by atoms with Gasteiger partial charge >= 0.3 is 6.09 Å². The van der Waals surface area contributed by atoms with Crippen LogP contribution in [0.5, 0.6) is 0 Å². The summed E-state index contributed by atoms with van der Waals surface area (Å²) in [4.78, 5) is 26.6. The van der Waals surface area contributed by atoms with Gasteiger partial charge in [-0.2, -0.15) is 0 Å². The number of hydrogen-bond acceptors (Lipinski definition) is 3. The van der Waals surface area contributed by atoms with E-state index in [1.54, 1.807) is 4.90 Å². The molecule has 33 heavy (non-hydrogen) atoms. The predicted molar refractivity (Wildman–Crippen MR) is 136 cm³/mol. The minimum absolute atomic E-state index is 0.0423. The molecule has 0 aromatic heterocycles. The maximum absolute atomic E-state index is 12.6. The van der Waals surface area contributed by atoms with Crippen LogP contribution in [0.3, 0.4) is 0 Å². The van der Waals surface area contributed by atoms with Gasteiger partial charge in [-0.15, -0.1) is 0 Å². The first kappa shape index (κ1) is 24.6. The van der Waals surface area contributed by atoms with Gasteiger partial charge in [-0.25, -0.2) is 4.79 Å². The van der Waals surface area contributed by atoms with E-state index in [0.717, 1.165) is 45.5 Å². The maximum Gasteiger partial charge on any atom is 0.414 e. The van der Waals surface area contributed by atoms with Crippen molar-refractivity contribution in [2.75, 3.05) is 11.4 Å². The van der Waals surface area contributed by atoms with Crippen molar-refractivity contribution >= 4 is 23.8 Å². The second-order valence-corrected chi connectivity index (χ2v) is 10.2. The van der Waals surface area contributed by atoms with Crippen molar-refractivity contribution < 1.29 is 14.3 Å². The van der Waals surface area contributed by atoms with Crippen LogP contribution in [0.15, 0.2) is 35.9 Å². The molecule has 0 saturated carbocycles. The summed E-state index contributed by atoms with van der Waals surface area (Å²) in [5.74, 6) is -0.0423. The first-order valence-electron chi connectivity index (χ1n) is 11.6. The fraction of sp³-hybridized carbons (Fsp3) is 0.429. The molecule has 0 radical (unpaired) electrons. The fourth-order valence-electron chi connectivity index (χ4n) is 4.06. The molecule has 0 bridgehead atoms. The van der Waals surface area contributed by atoms with Gasteiger partial charge in [-0.05, 0) is 113 Å². The first-order chi connectivity index (χ1) is 15.4. The summed E-state index contributed by atoms with van der Waals surface area (Å²) >= 11 is 0. The Hall–Kier alpha value is -3.08. The van der Waals surface area contributed by atoms with Crippen molar-refractivity contribution in [3.63, 3.8) is 0 Å². The molecule has 2 aromatic rings. The molecule has 5 heteroatoms. The lowest BCUT2D eigenvalue weighted by Crippen LogP contribution is -2.35. The lowest BCUT2D eigenvalue weighted by Gasteiger charge is -2.24. The molecule has 1 N–H and O–H groups in total. The van der Waals surface area contributed by atoms with Crippen LogP contribution in [-0.4, -0.2) is 30.2 Å².